The van der Waals surface area contributed by atoms with E-state index in [0.717, 1.165) is 0 Å². The molecule has 1 aromatic rings. The third kappa shape index (κ3) is 2.48. The van der Waals surface area contributed by atoms with Crippen molar-refractivity contribution in [1.82, 2.24) is 5.32 Å². The van der Waals surface area contributed by atoms with Gasteiger partial charge in [0, 0.05) is 5.97 Å². The Labute approximate surface area is 109 Å². The SMILES string of the molecule is O=C([O-])CC[C@@H]1NC(=S)N(c2ccccc2)C1=O. The number of carboxylic acid groups (broad SMARTS) is 1. The average Bonchev–Trinajstić information content (AvgIpc) is 2.63. The molecule has 6 heteroatoms. The number of nitrogens with one attached hydrogen (secondary N) is 1. The van der Waals surface area contributed by atoms with E-state index in [1.165, 1.54) is 4.90 Å². The summed E-state index contributed by atoms with van der Waals surface area (Å²) in [5, 5.41) is 13.5. The monoisotopic (exact) mass is 263 g/mol. The van der Waals surface area contributed by atoms with E-state index in [1.807, 2.05) is 6.07 Å². The number of nitrogens with zero attached hydrogens (tertiary/aromatic N) is 1. The van der Waals surface area contributed by atoms with Crippen molar-refractivity contribution in [3.05, 3.63) is 30.3 Å². The first-order valence-electron chi connectivity index (χ1n) is 5.49. The molecular weight excluding hydrogens is 252 g/mol. The molecule has 1 atom stereocenters. The van der Waals surface area contributed by atoms with Crippen LogP contribution in [0.5, 0.6) is 0 Å². The quantitative estimate of drug-likeness (QED) is 0.762. The second kappa shape index (κ2) is 5.14. The average molecular weight is 263 g/mol. The summed E-state index contributed by atoms with van der Waals surface area (Å²) in [5.41, 5.74) is 0.677. The summed E-state index contributed by atoms with van der Waals surface area (Å²) in [4.78, 5) is 23.9. The van der Waals surface area contributed by atoms with E-state index in [4.69, 9.17) is 12.2 Å². The maximum Gasteiger partial charge on any atom is 0.255 e. The van der Waals surface area contributed by atoms with Crippen molar-refractivity contribution in [3.63, 3.8) is 0 Å². The number of amides is 1. The Bertz CT molecular complexity index is 489. The molecule has 5 nitrogen and oxygen atoms in total. The molecule has 94 valence electrons. The molecule has 0 aliphatic carbocycles. The molecule has 1 saturated heterocycles. The van der Waals surface area contributed by atoms with Gasteiger partial charge in [0.1, 0.15) is 6.04 Å². The summed E-state index contributed by atoms with van der Waals surface area (Å²) in [6.07, 6.45) is -0.000704. The third-order valence-electron chi connectivity index (χ3n) is 2.67. The summed E-state index contributed by atoms with van der Waals surface area (Å²) in [7, 11) is 0. The van der Waals surface area contributed by atoms with E-state index in [2.05, 4.69) is 5.32 Å². The van der Waals surface area contributed by atoms with Crippen LogP contribution in [0.15, 0.2) is 30.3 Å². The van der Waals surface area contributed by atoms with Crippen molar-refractivity contribution >= 4 is 34.9 Å². The van der Waals surface area contributed by atoms with E-state index < -0.39 is 12.0 Å². The number of thiocarbonyl (C=S) groups is 1. The van der Waals surface area contributed by atoms with E-state index in [-0.39, 0.29) is 18.7 Å². The van der Waals surface area contributed by atoms with Crippen LogP contribution in [0.4, 0.5) is 5.69 Å². The van der Waals surface area contributed by atoms with Gasteiger partial charge in [-0.1, -0.05) is 18.2 Å². The molecule has 1 aromatic carbocycles. The largest absolute Gasteiger partial charge is 0.550 e. The topological polar surface area (TPSA) is 72.5 Å². The smallest absolute Gasteiger partial charge is 0.255 e. The van der Waals surface area contributed by atoms with Crippen molar-refractivity contribution in [1.29, 1.82) is 0 Å². The van der Waals surface area contributed by atoms with Crippen LogP contribution in [0.2, 0.25) is 0 Å². The van der Waals surface area contributed by atoms with E-state index in [0.29, 0.717) is 10.8 Å². The maximum atomic E-state index is 12.1. The summed E-state index contributed by atoms with van der Waals surface area (Å²) in [6.45, 7) is 0. The van der Waals surface area contributed by atoms with Crippen molar-refractivity contribution in [2.45, 2.75) is 18.9 Å². The zero-order valence-corrected chi connectivity index (χ0v) is 10.3. The number of para-hydroxylation sites is 1. The molecular formula is C12H11N2O3S-. The Kier molecular flexibility index (Phi) is 3.57. The van der Waals surface area contributed by atoms with Gasteiger partial charge < -0.3 is 15.2 Å². The molecule has 1 amide bonds. The predicted molar refractivity (Wildman–Crippen MR) is 67.7 cm³/mol. The van der Waals surface area contributed by atoms with E-state index >= 15 is 0 Å². The summed E-state index contributed by atoms with van der Waals surface area (Å²) >= 11 is 5.09. The Balaban J connectivity index is 2.12. The minimum Gasteiger partial charge on any atom is -0.550 e. The fourth-order valence-corrected chi connectivity index (χ4v) is 2.15. The van der Waals surface area contributed by atoms with E-state index in [1.54, 1.807) is 24.3 Å². The molecule has 1 fully saturated rings. The van der Waals surface area contributed by atoms with Gasteiger partial charge in [-0.05, 0) is 37.2 Å². The summed E-state index contributed by atoms with van der Waals surface area (Å²) in [5.74, 6) is -1.40. The van der Waals surface area contributed by atoms with Crippen LogP contribution in [-0.2, 0) is 9.59 Å². The maximum absolute atomic E-state index is 12.1. The summed E-state index contributed by atoms with van der Waals surface area (Å²) in [6, 6.07) is 8.41. The van der Waals surface area contributed by atoms with Crippen LogP contribution in [-0.4, -0.2) is 23.0 Å². The van der Waals surface area contributed by atoms with Crippen LogP contribution >= 0.6 is 12.2 Å². The van der Waals surface area contributed by atoms with Crippen molar-refractivity contribution < 1.29 is 14.7 Å². The second-order valence-electron chi connectivity index (χ2n) is 3.92. The molecule has 0 unspecified atom stereocenters. The number of rotatable bonds is 4. The first kappa shape index (κ1) is 12.5. The lowest BCUT2D eigenvalue weighted by molar-refractivity contribution is -0.305. The molecule has 1 heterocycles. The molecule has 0 radical (unpaired) electrons. The lowest BCUT2D eigenvalue weighted by Crippen LogP contribution is -2.32. The Morgan fingerprint density at radius 3 is 2.67 bits per heavy atom. The van der Waals surface area contributed by atoms with Crippen molar-refractivity contribution in [2.75, 3.05) is 4.90 Å². The molecule has 0 aromatic heterocycles. The number of carboxylic acids is 1. The molecule has 1 N–H and O–H groups in total. The van der Waals surface area contributed by atoms with Crippen LogP contribution in [0, 0.1) is 0 Å². The van der Waals surface area contributed by atoms with E-state index in [9.17, 15) is 14.7 Å². The number of carbonyl (C=O) groups is 2. The lowest BCUT2D eigenvalue weighted by atomic mass is 10.1. The first-order chi connectivity index (χ1) is 8.59. The summed E-state index contributed by atoms with van der Waals surface area (Å²) < 4.78 is 0. The van der Waals surface area contributed by atoms with Gasteiger partial charge in [-0.3, -0.25) is 9.69 Å². The van der Waals surface area contributed by atoms with Crippen molar-refractivity contribution in [2.24, 2.45) is 0 Å². The van der Waals surface area contributed by atoms with Gasteiger partial charge in [0.2, 0.25) is 0 Å². The number of hydrogen-bond donors (Lipinski definition) is 1. The van der Waals surface area contributed by atoms with Crippen molar-refractivity contribution in [3.8, 4) is 0 Å². The highest BCUT2D eigenvalue weighted by atomic mass is 32.1. The zero-order valence-electron chi connectivity index (χ0n) is 9.46. The number of carbonyl (C=O) groups excluding carboxylic acids is 2. The predicted octanol–water partition coefficient (Wildman–Crippen LogP) is -0.194. The highest BCUT2D eigenvalue weighted by Gasteiger charge is 2.35. The molecule has 0 spiro atoms. The van der Waals surface area contributed by atoms with Gasteiger partial charge >= 0.3 is 0 Å². The third-order valence-corrected chi connectivity index (χ3v) is 2.97. The molecule has 1 aliphatic rings. The Morgan fingerprint density at radius 2 is 2.06 bits per heavy atom. The molecule has 2 rings (SSSR count). The minimum absolute atomic E-state index is 0.171. The normalized spacial score (nSPS) is 18.9. The molecule has 1 aliphatic heterocycles. The number of aliphatic carboxylic acids is 1. The van der Waals surface area contributed by atoms with Gasteiger partial charge in [-0.25, -0.2) is 0 Å². The van der Waals surface area contributed by atoms with Gasteiger partial charge in [-0.15, -0.1) is 0 Å². The zero-order chi connectivity index (χ0) is 13.1. The molecule has 0 bridgehead atoms. The van der Waals surface area contributed by atoms with Gasteiger partial charge in [0.25, 0.3) is 5.91 Å². The minimum atomic E-state index is -1.17. The lowest BCUT2D eigenvalue weighted by Gasteiger charge is -2.14. The molecule has 18 heavy (non-hydrogen) atoms. The highest BCUT2D eigenvalue weighted by molar-refractivity contribution is 7.80. The highest BCUT2D eigenvalue weighted by Crippen LogP contribution is 2.20. The number of anilines is 1. The van der Waals surface area contributed by atoms with Crippen LogP contribution in [0.3, 0.4) is 0 Å². The fraction of sp³-hybridized carbons (Fsp3) is 0.250. The van der Waals surface area contributed by atoms with Gasteiger partial charge in [-0.2, -0.15) is 0 Å². The second-order valence-corrected chi connectivity index (χ2v) is 4.31. The Morgan fingerprint density at radius 1 is 1.39 bits per heavy atom. The van der Waals surface area contributed by atoms with Crippen LogP contribution in [0.1, 0.15) is 12.8 Å². The number of benzene rings is 1. The van der Waals surface area contributed by atoms with Crippen LogP contribution < -0.4 is 15.3 Å². The van der Waals surface area contributed by atoms with Gasteiger partial charge in [0.15, 0.2) is 5.11 Å². The van der Waals surface area contributed by atoms with Crippen LogP contribution in [0.25, 0.3) is 0 Å². The Hall–Kier alpha value is -1.95. The van der Waals surface area contributed by atoms with Gasteiger partial charge in [0.05, 0.1) is 5.69 Å². The number of hydrogen-bond acceptors (Lipinski definition) is 4. The first-order valence-corrected chi connectivity index (χ1v) is 5.90. The standard InChI is InChI=1S/C12H12N2O3S/c15-10(16)7-6-9-11(17)14(12(18)13-9)8-4-2-1-3-5-8/h1-5,9H,6-7H2,(H,13,18)(H,15,16)/p-1/t9-/m0/s1. The fourth-order valence-electron chi connectivity index (χ4n) is 1.81. The molecule has 0 saturated carbocycles.